The predicted octanol–water partition coefficient (Wildman–Crippen LogP) is -2.21. The molecule has 0 saturated carbocycles. The minimum absolute atomic E-state index is 0. The topological polar surface area (TPSA) is 184 Å². The normalized spacial score (nSPS) is 8.47. The smallest absolute Gasteiger partial charge is 0.377 e. The molecule has 12 nitrogen and oxygen atoms in total. The molecule has 0 unspecified atom stereocenters. The van der Waals surface area contributed by atoms with Gasteiger partial charge in [-0.15, -0.1) is 20.4 Å². The van der Waals surface area contributed by atoms with E-state index in [0.29, 0.717) is 0 Å². The van der Waals surface area contributed by atoms with Crippen molar-refractivity contribution in [2.45, 2.75) is 0 Å². The van der Waals surface area contributed by atoms with Crippen LogP contribution in [0.25, 0.3) is 0 Å². The van der Waals surface area contributed by atoms with Gasteiger partial charge in [0.25, 0.3) is 11.6 Å². The number of aromatic nitrogens is 8. The number of hydrogen-bond donors (Lipinski definition) is 4. The van der Waals surface area contributed by atoms with Crippen molar-refractivity contribution in [2.24, 2.45) is 0 Å². The van der Waals surface area contributed by atoms with Crippen molar-refractivity contribution >= 4 is 11.9 Å². The van der Waals surface area contributed by atoms with Gasteiger partial charge in [-0.1, -0.05) is 0 Å². The van der Waals surface area contributed by atoms with E-state index in [9.17, 15) is 9.59 Å². The summed E-state index contributed by atoms with van der Waals surface area (Å²) in [5, 5.41) is 38.9. The Bertz CT molecular complexity index is 410. The Morgan fingerprint density at radius 2 is 1.24 bits per heavy atom. The molecule has 0 aliphatic rings. The minimum Gasteiger partial charge on any atom is -0.475 e. The second-order valence-electron chi connectivity index (χ2n) is 2.08. The van der Waals surface area contributed by atoms with Crippen molar-refractivity contribution in [1.29, 1.82) is 0 Å². The van der Waals surface area contributed by atoms with Crippen molar-refractivity contribution in [3.05, 3.63) is 11.6 Å². The van der Waals surface area contributed by atoms with E-state index in [4.69, 9.17) is 10.2 Å². The van der Waals surface area contributed by atoms with Gasteiger partial charge in [0.1, 0.15) is 0 Å². The molecule has 2 aromatic heterocycles. The van der Waals surface area contributed by atoms with Crippen molar-refractivity contribution in [2.75, 3.05) is 0 Å². The molecule has 0 aliphatic carbocycles. The number of hydrogen-bond acceptors (Lipinski definition) is 8. The molecule has 13 heteroatoms. The number of rotatable bonds is 2. The fourth-order valence-corrected chi connectivity index (χ4v) is 0.505. The first kappa shape index (κ1) is 14.6. The number of nitrogens with zero attached hydrogens (tertiary/aromatic N) is 6. The summed E-state index contributed by atoms with van der Waals surface area (Å²) in [6, 6.07) is 0. The number of carboxylic acids is 2. The Labute approximate surface area is 102 Å². The number of carbonyl (C=O) groups is 2. The van der Waals surface area contributed by atoms with Gasteiger partial charge in [0.2, 0.25) is 0 Å². The molecule has 2 rings (SSSR count). The third-order valence-corrected chi connectivity index (χ3v) is 1.07. The number of aromatic carboxylic acids is 2. The SMILES string of the molecule is O=C(O)c1nn[nH]n1.O=C(O)c1nn[nH]n1.[Cu]. The monoisotopic (exact) mass is 291 g/mol. The Morgan fingerprint density at radius 3 is 1.35 bits per heavy atom. The summed E-state index contributed by atoms with van der Waals surface area (Å²) in [4.78, 5) is 19.8. The zero-order chi connectivity index (χ0) is 12.0. The molecular formula is C4H4CuN8O4. The zero-order valence-electron chi connectivity index (χ0n) is 7.70. The molecule has 95 valence electrons. The number of H-pyrrole nitrogens is 2. The maximum absolute atomic E-state index is 9.88. The molecule has 0 atom stereocenters. The van der Waals surface area contributed by atoms with E-state index in [2.05, 4.69) is 30.8 Å². The van der Waals surface area contributed by atoms with Gasteiger partial charge in [-0.2, -0.15) is 10.4 Å². The van der Waals surface area contributed by atoms with E-state index in [-0.39, 0.29) is 28.7 Å². The molecule has 0 aliphatic heterocycles. The first-order chi connectivity index (χ1) is 7.61. The van der Waals surface area contributed by atoms with Crippen LogP contribution in [0, 0.1) is 0 Å². The van der Waals surface area contributed by atoms with Crippen LogP contribution in [0.4, 0.5) is 0 Å². The second kappa shape index (κ2) is 6.97. The van der Waals surface area contributed by atoms with Gasteiger partial charge >= 0.3 is 11.9 Å². The number of carboxylic acid groups (broad SMARTS) is 2. The largest absolute Gasteiger partial charge is 0.475 e. The van der Waals surface area contributed by atoms with Gasteiger partial charge in [0.05, 0.1) is 0 Å². The number of aromatic amines is 2. The van der Waals surface area contributed by atoms with E-state index >= 15 is 0 Å². The summed E-state index contributed by atoms with van der Waals surface area (Å²) in [6.45, 7) is 0. The van der Waals surface area contributed by atoms with E-state index in [1.165, 1.54) is 0 Å². The Kier molecular flexibility index (Phi) is 5.99. The molecule has 0 fully saturated rings. The van der Waals surface area contributed by atoms with E-state index < -0.39 is 11.9 Å². The van der Waals surface area contributed by atoms with Crippen LogP contribution in [-0.2, 0) is 17.1 Å². The Morgan fingerprint density at radius 1 is 0.882 bits per heavy atom. The third kappa shape index (κ3) is 4.76. The van der Waals surface area contributed by atoms with Crippen LogP contribution in [0.3, 0.4) is 0 Å². The molecule has 1 radical (unpaired) electrons. The van der Waals surface area contributed by atoms with Crippen LogP contribution < -0.4 is 0 Å². The van der Waals surface area contributed by atoms with Crippen LogP contribution in [0.2, 0.25) is 0 Å². The van der Waals surface area contributed by atoms with Crippen LogP contribution >= 0.6 is 0 Å². The predicted molar refractivity (Wildman–Crippen MR) is 42.3 cm³/mol. The molecule has 0 amide bonds. The van der Waals surface area contributed by atoms with E-state index in [0.717, 1.165) is 0 Å². The first-order valence-corrected chi connectivity index (χ1v) is 3.54. The molecule has 2 aromatic rings. The van der Waals surface area contributed by atoms with Crippen LogP contribution in [-0.4, -0.2) is 63.4 Å². The minimum atomic E-state index is -1.18. The van der Waals surface area contributed by atoms with Crippen molar-refractivity contribution in [1.82, 2.24) is 41.2 Å². The van der Waals surface area contributed by atoms with Gasteiger partial charge in [-0.25, -0.2) is 9.59 Å². The maximum atomic E-state index is 9.88. The van der Waals surface area contributed by atoms with E-state index in [1.54, 1.807) is 0 Å². The molecular weight excluding hydrogens is 288 g/mol. The number of tetrazole rings is 2. The summed E-state index contributed by atoms with van der Waals surface area (Å²) in [5.74, 6) is -2.99. The van der Waals surface area contributed by atoms with Crippen molar-refractivity contribution in [3.63, 3.8) is 0 Å². The standard InChI is InChI=1S/2C2H2N4O2.Cu/c2*7-2(8)1-3-5-6-4-1;/h2*(H,7,8)(H,3,4,5,6);. The summed E-state index contributed by atoms with van der Waals surface area (Å²) in [6.07, 6.45) is 0. The molecule has 2 heterocycles. The first-order valence-electron chi connectivity index (χ1n) is 3.54. The fourth-order valence-electron chi connectivity index (χ4n) is 0.505. The fraction of sp³-hybridized carbons (Fsp3) is 0. The van der Waals surface area contributed by atoms with E-state index in [1.807, 2.05) is 10.4 Å². The van der Waals surface area contributed by atoms with Gasteiger partial charge < -0.3 is 10.2 Å². The summed E-state index contributed by atoms with van der Waals surface area (Å²) in [5.41, 5.74) is 0. The Hall–Kier alpha value is -2.40. The van der Waals surface area contributed by atoms with Crippen LogP contribution in [0.1, 0.15) is 21.2 Å². The van der Waals surface area contributed by atoms with Gasteiger partial charge in [0, 0.05) is 17.1 Å². The van der Waals surface area contributed by atoms with Crippen molar-refractivity contribution in [3.8, 4) is 0 Å². The second-order valence-corrected chi connectivity index (χ2v) is 2.08. The zero-order valence-corrected chi connectivity index (χ0v) is 8.64. The molecule has 0 saturated heterocycles. The summed E-state index contributed by atoms with van der Waals surface area (Å²) >= 11 is 0. The molecule has 0 bridgehead atoms. The number of nitrogens with one attached hydrogen (secondary N) is 2. The molecule has 0 spiro atoms. The van der Waals surface area contributed by atoms with Crippen LogP contribution in [0.15, 0.2) is 0 Å². The van der Waals surface area contributed by atoms with Gasteiger partial charge in [-0.3, -0.25) is 0 Å². The maximum Gasteiger partial charge on any atom is 0.377 e. The third-order valence-electron chi connectivity index (χ3n) is 1.07. The van der Waals surface area contributed by atoms with Gasteiger partial charge in [-0.05, 0) is 10.4 Å². The van der Waals surface area contributed by atoms with Gasteiger partial charge in [0.15, 0.2) is 0 Å². The quantitative estimate of drug-likeness (QED) is 0.442. The average molecular weight is 292 g/mol. The van der Waals surface area contributed by atoms with Crippen LogP contribution in [0.5, 0.6) is 0 Å². The summed E-state index contributed by atoms with van der Waals surface area (Å²) < 4.78 is 0. The Balaban J connectivity index is 0.000000284. The average Bonchev–Trinajstić information content (AvgIpc) is 2.93. The summed E-state index contributed by atoms with van der Waals surface area (Å²) in [7, 11) is 0. The molecule has 17 heavy (non-hydrogen) atoms. The molecule has 0 aromatic carbocycles. The van der Waals surface area contributed by atoms with Crippen molar-refractivity contribution < 1.29 is 36.9 Å². The molecule has 4 N–H and O–H groups in total.